The minimum Gasteiger partial charge on any atom is -0.465 e. The lowest BCUT2D eigenvalue weighted by Gasteiger charge is -2.24. The van der Waals surface area contributed by atoms with Crippen LogP contribution >= 0.6 is 0 Å². The van der Waals surface area contributed by atoms with E-state index in [0.29, 0.717) is 19.3 Å². The van der Waals surface area contributed by atoms with Crippen molar-refractivity contribution >= 4 is 18.1 Å². The van der Waals surface area contributed by atoms with Gasteiger partial charge in [0.15, 0.2) is 0 Å². The molecule has 1 atom stereocenters. The van der Waals surface area contributed by atoms with E-state index in [1.54, 1.807) is 6.92 Å². The standard InChI is InChI=1S/C22H32F3N3O5/c1-17(27-20(30)31)9-12-28(21(32)33-13-18-7-3-2-4-8-18)11-6-5-10-26-19(29)22(14-23,15-24)16-25/h2-4,7-8,17,27H,5-6,9-16H2,1H3,(H,26,29)(H,30,31). The van der Waals surface area contributed by atoms with Gasteiger partial charge in [-0.15, -0.1) is 0 Å². The van der Waals surface area contributed by atoms with Gasteiger partial charge in [0.1, 0.15) is 32.0 Å². The van der Waals surface area contributed by atoms with Crippen molar-refractivity contribution in [3.8, 4) is 0 Å². The maximum atomic E-state index is 12.9. The van der Waals surface area contributed by atoms with E-state index in [1.165, 1.54) is 4.90 Å². The maximum absolute atomic E-state index is 12.9. The van der Waals surface area contributed by atoms with Crippen molar-refractivity contribution in [1.29, 1.82) is 0 Å². The number of alkyl halides is 3. The Balaban J connectivity index is 2.55. The van der Waals surface area contributed by atoms with Crippen LogP contribution in [0.15, 0.2) is 30.3 Å². The molecule has 0 aliphatic heterocycles. The number of nitrogens with one attached hydrogen (secondary N) is 2. The third kappa shape index (κ3) is 10.0. The van der Waals surface area contributed by atoms with Crippen molar-refractivity contribution in [3.63, 3.8) is 0 Å². The summed E-state index contributed by atoms with van der Waals surface area (Å²) in [6.07, 6.45) is -0.581. The molecular formula is C22H32F3N3O5. The first-order valence-electron chi connectivity index (χ1n) is 10.7. The molecule has 0 aromatic heterocycles. The number of hydrogen-bond donors (Lipinski definition) is 3. The number of benzene rings is 1. The average Bonchev–Trinajstić information content (AvgIpc) is 2.81. The molecule has 0 aliphatic carbocycles. The summed E-state index contributed by atoms with van der Waals surface area (Å²) in [5.74, 6) is -1.03. The predicted octanol–water partition coefficient (Wildman–Crippen LogP) is 3.46. The predicted molar refractivity (Wildman–Crippen MR) is 116 cm³/mol. The van der Waals surface area contributed by atoms with Gasteiger partial charge in [0.2, 0.25) is 5.91 Å². The number of carbonyl (C=O) groups is 3. The van der Waals surface area contributed by atoms with Gasteiger partial charge in [0, 0.05) is 25.7 Å². The molecule has 0 saturated heterocycles. The lowest BCUT2D eigenvalue weighted by Crippen LogP contribution is -2.46. The quantitative estimate of drug-likeness (QED) is 0.337. The van der Waals surface area contributed by atoms with E-state index < -0.39 is 43.5 Å². The molecule has 1 unspecified atom stereocenters. The highest BCUT2D eigenvalue weighted by atomic mass is 19.1. The Morgan fingerprint density at radius 1 is 1.06 bits per heavy atom. The van der Waals surface area contributed by atoms with Gasteiger partial charge in [-0.1, -0.05) is 30.3 Å². The van der Waals surface area contributed by atoms with Crippen molar-refractivity contribution in [3.05, 3.63) is 35.9 Å². The number of carbonyl (C=O) groups excluding carboxylic acids is 2. The maximum Gasteiger partial charge on any atom is 0.410 e. The van der Waals surface area contributed by atoms with Crippen LogP contribution in [0.1, 0.15) is 31.7 Å². The van der Waals surface area contributed by atoms with Gasteiger partial charge < -0.3 is 25.4 Å². The van der Waals surface area contributed by atoms with Gasteiger partial charge in [0.25, 0.3) is 0 Å². The molecule has 0 aliphatic rings. The van der Waals surface area contributed by atoms with Crippen molar-refractivity contribution in [2.24, 2.45) is 5.41 Å². The Morgan fingerprint density at radius 3 is 2.27 bits per heavy atom. The first kappa shape index (κ1) is 28.1. The Bertz CT molecular complexity index is 727. The summed E-state index contributed by atoms with van der Waals surface area (Å²) < 4.78 is 44.1. The van der Waals surface area contributed by atoms with Crippen LogP contribution in [0, 0.1) is 5.41 Å². The summed E-state index contributed by atoms with van der Waals surface area (Å²) in [6.45, 7) is -2.01. The molecule has 0 bridgehead atoms. The SMILES string of the molecule is CC(CCN(CCCCNC(=O)C(CF)(CF)CF)C(=O)OCc1ccccc1)NC(=O)O. The van der Waals surface area contributed by atoms with Crippen LogP contribution in [0.4, 0.5) is 22.8 Å². The second-order valence-electron chi connectivity index (χ2n) is 7.81. The Labute approximate surface area is 191 Å². The number of amides is 3. The first-order chi connectivity index (χ1) is 15.8. The third-order valence-electron chi connectivity index (χ3n) is 5.05. The van der Waals surface area contributed by atoms with E-state index in [0.717, 1.165) is 5.56 Å². The normalized spacial score (nSPS) is 12.0. The number of ether oxygens (including phenoxy) is 1. The number of nitrogens with zero attached hydrogens (tertiary/aromatic N) is 1. The molecule has 11 heteroatoms. The molecule has 186 valence electrons. The molecule has 1 aromatic rings. The summed E-state index contributed by atoms with van der Waals surface area (Å²) >= 11 is 0. The van der Waals surface area contributed by atoms with Crippen molar-refractivity contribution in [2.75, 3.05) is 39.7 Å². The summed E-state index contributed by atoms with van der Waals surface area (Å²) in [5.41, 5.74) is -1.49. The largest absolute Gasteiger partial charge is 0.465 e. The first-order valence-corrected chi connectivity index (χ1v) is 10.7. The topological polar surface area (TPSA) is 108 Å². The van der Waals surface area contributed by atoms with Gasteiger partial charge in [-0.3, -0.25) is 4.79 Å². The third-order valence-corrected chi connectivity index (χ3v) is 5.05. The summed E-state index contributed by atoms with van der Waals surface area (Å²) in [6, 6.07) is 8.71. The van der Waals surface area contributed by atoms with E-state index >= 15 is 0 Å². The minimum absolute atomic E-state index is 0.0600. The lowest BCUT2D eigenvalue weighted by molar-refractivity contribution is -0.134. The number of unbranched alkanes of at least 4 members (excludes halogenated alkanes) is 1. The Hall–Kier alpha value is -2.98. The van der Waals surface area contributed by atoms with Crippen LogP contribution in [0.2, 0.25) is 0 Å². The van der Waals surface area contributed by atoms with E-state index in [-0.39, 0.29) is 32.3 Å². The fourth-order valence-electron chi connectivity index (χ4n) is 2.84. The highest BCUT2D eigenvalue weighted by Crippen LogP contribution is 2.20. The van der Waals surface area contributed by atoms with E-state index in [2.05, 4.69) is 10.6 Å². The number of rotatable bonds is 15. The second kappa shape index (κ2) is 15.0. The molecule has 3 N–H and O–H groups in total. The molecule has 1 rings (SSSR count). The average molecular weight is 476 g/mol. The van der Waals surface area contributed by atoms with Crippen LogP contribution in [0.5, 0.6) is 0 Å². The van der Waals surface area contributed by atoms with Crippen LogP contribution < -0.4 is 10.6 Å². The second-order valence-corrected chi connectivity index (χ2v) is 7.81. The van der Waals surface area contributed by atoms with Crippen molar-refractivity contribution in [2.45, 2.75) is 38.8 Å². The van der Waals surface area contributed by atoms with Gasteiger partial charge >= 0.3 is 12.2 Å². The number of hydrogen-bond acceptors (Lipinski definition) is 4. The lowest BCUT2D eigenvalue weighted by atomic mass is 9.92. The van der Waals surface area contributed by atoms with E-state index in [1.807, 2.05) is 30.3 Å². The highest BCUT2D eigenvalue weighted by molar-refractivity contribution is 5.83. The summed E-state index contributed by atoms with van der Waals surface area (Å²) in [5, 5.41) is 13.4. The molecule has 33 heavy (non-hydrogen) atoms. The van der Waals surface area contributed by atoms with Crippen LogP contribution in [0.25, 0.3) is 0 Å². The molecule has 0 fully saturated rings. The minimum atomic E-state index is -2.31. The van der Waals surface area contributed by atoms with Gasteiger partial charge in [-0.25, -0.2) is 22.8 Å². The van der Waals surface area contributed by atoms with Gasteiger partial charge in [-0.2, -0.15) is 0 Å². The fraction of sp³-hybridized carbons (Fsp3) is 0.591. The number of halogens is 3. The molecule has 1 aromatic carbocycles. The molecule has 0 radical (unpaired) electrons. The molecule has 8 nitrogen and oxygen atoms in total. The summed E-state index contributed by atoms with van der Waals surface area (Å²) in [7, 11) is 0. The van der Waals surface area contributed by atoms with Crippen molar-refractivity contribution < 1.29 is 37.4 Å². The zero-order chi connectivity index (χ0) is 24.7. The van der Waals surface area contributed by atoms with Crippen LogP contribution in [0.3, 0.4) is 0 Å². The zero-order valence-corrected chi connectivity index (χ0v) is 18.7. The van der Waals surface area contributed by atoms with Crippen LogP contribution in [-0.4, -0.2) is 73.8 Å². The van der Waals surface area contributed by atoms with E-state index in [9.17, 15) is 27.6 Å². The van der Waals surface area contributed by atoms with Gasteiger partial charge in [-0.05, 0) is 31.7 Å². The van der Waals surface area contributed by atoms with Crippen LogP contribution in [-0.2, 0) is 16.1 Å². The smallest absolute Gasteiger partial charge is 0.410 e. The molecule has 0 saturated carbocycles. The fourth-order valence-corrected chi connectivity index (χ4v) is 2.84. The Morgan fingerprint density at radius 2 is 1.70 bits per heavy atom. The number of carboxylic acid groups (broad SMARTS) is 1. The van der Waals surface area contributed by atoms with Crippen molar-refractivity contribution in [1.82, 2.24) is 15.5 Å². The molecule has 0 heterocycles. The monoisotopic (exact) mass is 475 g/mol. The molecular weight excluding hydrogens is 443 g/mol. The molecule has 3 amide bonds. The summed E-state index contributed by atoms with van der Waals surface area (Å²) in [4.78, 5) is 36.6. The Kier molecular flexibility index (Phi) is 12.7. The highest BCUT2D eigenvalue weighted by Gasteiger charge is 2.39. The zero-order valence-electron chi connectivity index (χ0n) is 18.7. The molecule has 0 spiro atoms. The van der Waals surface area contributed by atoms with Gasteiger partial charge in [0.05, 0.1) is 0 Å². The van der Waals surface area contributed by atoms with E-state index in [4.69, 9.17) is 9.84 Å².